The Morgan fingerprint density at radius 1 is 0.952 bits per heavy atom. The van der Waals surface area contributed by atoms with Crippen molar-refractivity contribution in [2.45, 2.75) is 17.3 Å². The van der Waals surface area contributed by atoms with Gasteiger partial charge in [0.15, 0.2) is 0 Å². The average Bonchev–Trinajstić information content (AvgIpc) is 2.46. The topological polar surface area (TPSA) is 12.9 Å². The van der Waals surface area contributed by atoms with E-state index in [9.17, 15) is 0 Å². The molecule has 1 aromatic heterocycles. The maximum atomic E-state index is 4.68. The van der Waals surface area contributed by atoms with Crippen molar-refractivity contribution in [1.29, 1.82) is 0 Å². The summed E-state index contributed by atoms with van der Waals surface area (Å²) in [7, 11) is 0. The van der Waals surface area contributed by atoms with Gasteiger partial charge >= 0.3 is 123 Å². The molecule has 0 atom stereocenters. The Balaban J connectivity index is 0.00000161. The fourth-order valence-corrected chi connectivity index (χ4v) is 4.53. The number of nitrogens with zero attached hydrogens (tertiary/aromatic N) is 1. The molecule has 1 nitrogen and oxygen atoms in total. The number of pyridine rings is 1. The van der Waals surface area contributed by atoms with Gasteiger partial charge < -0.3 is 0 Å². The summed E-state index contributed by atoms with van der Waals surface area (Å²) in [5.74, 6) is 7.17. The summed E-state index contributed by atoms with van der Waals surface area (Å²) >= 11 is -1.78. The van der Waals surface area contributed by atoms with Crippen LogP contribution in [0.25, 0.3) is 22.0 Å². The molecule has 3 heteroatoms. The molecule has 0 aliphatic heterocycles. The van der Waals surface area contributed by atoms with Gasteiger partial charge in [0.2, 0.25) is 0 Å². The average molecular weight is 513 g/mol. The first-order valence-electron chi connectivity index (χ1n) is 6.92. The van der Waals surface area contributed by atoms with Crippen LogP contribution in [0.1, 0.15) is 0 Å². The predicted octanol–water partition coefficient (Wildman–Crippen LogP) is 4.24. The van der Waals surface area contributed by atoms with Gasteiger partial charge in [-0.2, -0.15) is 0 Å². The molecule has 0 bridgehead atoms. The third-order valence-corrected chi connectivity index (χ3v) is 7.86. The van der Waals surface area contributed by atoms with Gasteiger partial charge in [-0.3, -0.25) is 0 Å². The number of hydrogen-bond acceptors (Lipinski definition) is 1. The van der Waals surface area contributed by atoms with Gasteiger partial charge in [-0.15, -0.1) is 0 Å². The standard InChI is InChI=1S/C18H18GeN.Ir/c1-19(2,3)15-11-12-18(20-13-15)17-10-6-8-14-7-4-5-9-16(14)17;/h4-9,11-13H,1-3H3;/q-1;. The van der Waals surface area contributed by atoms with Gasteiger partial charge in [0.1, 0.15) is 0 Å². The normalized spacial score (nSPS) is 11.2. The molecule has 0 fully saturated rings. The molecule has 0 saturated heterocycles. The summed E-state index contributed by atoms with van der Waals surface area (Å²) in [6.45, 7) is 0. The van der Waals surface area contributed by atoms with Crippen LogP contribution in [-0.2, 0) is 20.1 Å². The Hall–Kier alpha value is -0.958. The fourth-order valence-electron chi connectivity index (χ4n) is 2.36. The molecule has 0 N–H and O–H groups in total. The van der Waals surface area contributed by atoms with Crippen LogP contribution >= 0.6 is 0 Å². The number of rotatable bonds is 2. The van der Waals surface area contributed by atoms with Crippen molar-refractivity contribution in [2.24, 2.45) is 0 Å². The van der Waals surface area contributed by atoms with Crippen molar-refractivity contribution in [1.82, 2.24) is 4.98 Å². The third-order valence-electron chi connectivity index (χ3n) is 3.61. The molecule has 0 unspecified atom stereocenters. The van der Waals surface area contributed by atoms with Crippen LogP contribution in [0.5, 0.6) is 0 Å². The van der Waals surface area contributed by atoms with Crippen LogP contribution < -0.4 is 4.40 Å². The van der Waals surface area contributed by atoms with Crippen LogP contribution in [0, 0.1) is 6.07 Å². The van der Waals surface area contributed by atoms with Crippen LogP contribution in [0.4, 0.5) is 0 Å². The molecule has 0 aliphatic carbocycles. The van der Waals surface area contributed by atoms with Crippen molar-refractivity contribution < 1.29 is 20.1 Å². The van der Waals surface area contributed by atoms with E-state index in [1.165, 1.54) is 15.2 Å². The fraction of sp³-hybridized carbons (Fsp3) is 0.167. The van der Waals surface area contributed by atoms with Crippen molar-refractivity contribution in [3.63, 3.8) is 0 Å². The minimum atomic E-state index is -1.78. The summed E-state index contributed by atoms with van der Waals surface area (Å²) in [6, 6.07) is 20.2. The predicted molar refractivity (Wildman–Crippen MR) is 89.0 cm³/mol. The second kappa shape index (κ2) is 6.43. The maximum Gasteiger partial charge on any atom is 0 e. The Morgan fingerprint density at radius 2 is 1.71 bits per heavy atom. The molecule has 2 aromatic carbocycles. The van der Waals surface area contributed by atoms with Crippen LogP contribution in [0.3, 0.4) is 0 Å². The summed E-state index contributed by atoms with van der Waals surface area (Å²) in [5, 5.41) is 2.45. The minimum absolute atomic E-state index is 0. The molecular weight excluding hydrogens is 495 g/mol. The zero-order valence-electron chi connectivity index (χ0n) is 12.5. The number of aromatic nitrogens is 1. The van der Waals surface area contributed by atoms with E-state index in [2.05, 4.69) is 77.0 Å². The van der Waals surface area contributed by atoms with E-state index in [1.54, 1.807) is 0 Å². The number of hydrogen-bond donors (Lipinski definition) is 0. The quantitative estimate of drug-likeness (QED) is 0.369. The van der Waals surface area contributed by atoms with Crippen molar-refractivity contribution in [3.05, 3.63) is 60.8 Å². The summed E-state index contributed by atoms with van der Waals surface area (Å²) < 4.78 is 1.44. The molecule has 0 aliphatic rings. The third kappa shape index (κ3) is 3.45. The van der Waals surface area contributed by atoms with Crippen molar-refractivity contribution in [2.75, 3.05) is 0 Å². The molecular formula is C18H18GeIrN-. The molecule has 0 spiro atoms. The second-order valence-corrected chi connectivity index (χ2v) is 16.8. The Labute approximate surface area is 142 Å². The van der Waals surface area contributed by atoms with Gasteiger partial charge in [-0.25, -0.2) is 0 Å². The van der Waals surface area contributed by atoms with Gasteiger partial charge in [-0.1, -0.05) is 0 Å². The zero-order chi connectivity index (χ0) is 14.2. The maximum absolute atomic E-state index is 4.68. The van der Waals surface area contributed by atoms with Crippen LogP contribution in [0.2, 0.25) is 17.3 Å². The molecule has 1 radical (unpaired) electrons. The largest absolute Gasteiger partial charge is 0 e. The van der Waals surface area contributed by atoms with Gasteiger partial charge in [0.05, 0.1) is 0 Å². The molecule has 1 heterocycles. The monoisotopic (exact) mass is 515 g/mol. The van der Waals surface area contributed by atoms with Gasteiger partial charge in [0, 0.05) is 20.1 Å². The first-order chi connectivity index (χ1) is 9.55. The van der Waals surface area contributed by atoms with Crippen LogP contribution in [0.15, 0.2) is 54.7 Å². The number of fused-ring (bicyclic) bond motifs is 1. The zero-order valence-corrected chi connectivity index (χ0v) is 17.0. The summed E-state index contributed by atoms with van der Waals surface area (Å²) in [5.41, 5.74) is 2.10. The molecule has 0 saturated carbocycles. The first kappa shape index (κ1) is 16.4. The Kier molecular flexibility index (Phi) is 5.03. The number of benzene rings is 2. The van der Waals surface area contributed by atoms with E-state index in [0.29, 0.717) is 0 Å². The van der Waals surface area contributed by atoms with Crippen molar-refractivity contribution in [3.8, 4) is 11.3 Å². The van der Waals surface area contributed by atoms with E-state index in [-0.39, 0.29) is 20.1 Å². The Morgan fingerprint density at radius 3 is 2.38 bits per heavy atom. The Bertz CT molecular complexity index is 740. The van der Waals surface area contributed by atoms with E-state index in [1.807, 2.05) is 6.07 Å². The van der Waals surface area contributed by atoms with E-state index in [0.717, 1.165) is 11.3 Å². The second-order valence-electron chi connectivity index (χ2n) is 6.12. The molecule has 21 heavy (non-hydrogen) atoms. The molecule has 3 aromatic rings. The van der Waals surface area contributed by atoms with E-state index < -0.39 is 13.3 Å². The molecule has 3 rings (SSSR count). The summed E-state index contributed by atoms with van der Waals surface area (Å²) in [6.07, 6.45) is 2.06. The van der Waals surface area contributed by atoms with E-state index >= 15 is 0 Å². The van der Waals surface area contributed by atoms with Crippen molar-refractivity contribution >= 4 is 28.4 Å². The van der Waals surface area contributed by atoms with Crippen LogP contribution in [-0.4, -0.2) is 18.3 Å². The SMILES string of the molecule is [CH3][Ge]([CH3])([CH3])[c]1ccc(-c2[c-]ccc3ccccc23)nc1.[Ir]. The minimum Gasteiger partial charge on any atom is 0 e. The first-order valence-corrected chi connectivity index (χ1v) is 14.3. The smallest absolute Gasteiger partial charge is 0 e. The van der Waals surface area contributed by atoms with Gasteiger partial charge in [0.25, 0.3) is 0 Å². The summed E-state index contributed by atoms with van der Waals surface area (Å²) in [4.78, 5) is 4.68. The van der Waals surface area contributed by atoms with Gasteiger partial charge in [-0.05, 0) is 0 Å². The molecule has 109 valence electrons. The molecule has 0 amide bonds. The van der Waals surface area contributed by atoms with E-state index in [4.69, 9.17) is 0 Å².